The molecule has 116 valence electrons. The van der Waals surface area contributed by atoms with Crippen molar-refractivity contribution in [3.05, 3.63) is 64.7 Å². The molecule has 0 unspecified atom stereocenters. The fourth-order valence-corrected chi connectivity index (χ4v) is 2.31. The first kappa shape index (κ1) is 16.2. The maximum Gasteiger partial charge on any atom is 0.336 e. The highest BCUT2D eigenvalue weighted by Crippen LogP contribution is 2.18. The number of carbonyl (C=O) groups excluding carboxylic acids is 1. The van der Waals surface area contributed by atoms with E-state index in [2.05, 4.69) is 11.4 Å². The van der Waals surface area contributed by atoms with Gasteiger partial charge in [-0.05, 0) is 36.2 Å². The van der Waals surface area contributed by atoms with Gasteiger partial charge in [-0.3, -0.25) is 4.79 Å². The lowest BCUT2D eigenvalue weighted by Crippen LogP contribution is -2.16. The van der Waals surface area contributed by atoms with Gasteiger partial charge in [-0.1, -0.05) is 31.5 Å². The summed E-state index contributed by atoms with van der Waals surface area (Å²) in [6.07, 6.45) is 1.71. The first-order chi connectivity index (χ1) is 11.1. The van der Waals surface area contributed by atoms with E-state index in [1.807, 2.05) is 6.92 Å². The highest BCUT2D eigenvalue weighted by Gasteiger charge is 2.16. The minimum Gasteiger partial charge on any atom is -0.478 e. The summed E-state index contributed by atoms with van der Waals surface area (Å²) in [5.74, 6) is -1.68. The van der Waals surface area contributed by atoms with Crippen molar-refractivity contribution in [2.45, 2.75) is 19.8 Å². The van der Waals surface area contributed by atoms with Crippen LogP contribution < -0.4 is 5.32 Å². The Bertz CT molecular complexity index is 791. The molecule has 2 aromatic rings. The number of aryl methyl sites for hydroxylation is 1. The number of benzene rings is 2. The van der Waals surface area contributed by atoms with Crippen molar-refractivity contribution in [3.8, 4) is 6.07 Å². The topological polar surface area (TPSA) is 90.2 Å². The molecule has 2 aromatic carbocycles. The van der Waals surface area contributed by atoms with Gasteiger partial charge < -0.3 is 10.4 Å². The Balaban J connectivity index is 2.28. The molecule has 0 radical (unpaired) electrons. The summed E-state index contributed by atoms with van der Waals surface area (Å²) in [4.78, 5) is 23.5. The zero-order chi connectivity index (χ0) is 16.8. The Labute approximate surface area is 134 Å². The fraction of sp³-hybridized carbons (Fsp3) is 0.167. The lowest BCUT2D eigenvalue weighted by atomic mass is 10.0. The third-order valence-corrected chi connectivity index (χ3v) is 3.41. The molecule has 5 nitrogen and oxygen atoms in total. The molecular weight excluding hydrogens is 292 g/mol. The minimum atomic E-state index is -1.16. The normalized spacial score (nSPS) is 9.91. The van der Waals surface area contributed by atoms with E-state index in [1.165, 1.54) is 12.1 Å². The van der Waals surface area contributed by atoms with Gasteiger partial charge in [-0.15, -0.1) is 0 Å². The molecule has 2 N–H and O–H groups in total. The van der Waals surface area contributed by atoms with Crippen LogP contribution in [0.1, 0.15) is 45.2 Å². The number of rotatable bonds is 5. The number of carbonyl (C=O) groups is 2. The van der Waals surface area contributed by atoms with Crippen molar-refractivity contribution < 1.29 is 14.7 Å². The first-order valence-corrected chi connectivity index (χ1v) is 7.23. The van der Waals surface area contributed by atoms with Gasteiger partial charge in [0.25, 0.3) is 5.91 Å². The molecule has 0 aliphatic carbocycles. The Kier molecular flexibility index (Phi) is 5.11. The van der Waals surface area contributed by atoms with Crippen LogP contribution in [0.4, 0.5) is 5.69 Å². The van der Waals surface area contributed by atoms with Gasteiger partial charge in [0.2, 0.25) is 0 Å². The minimum absolute atomic E-state index is 0.0619. The van der Waals surface area contributed by atoms with Crippen LogP contribution in [0, 0.1) is 11.3 Å². The van der Waals surface area contributed by atoms with Gasteiger partial charge in [0.15, 0.2) is 0 Å². The van der Waals surface area contributed by atoms with Crippen LogP contribution >= 0.6 is 0 Å². The van der Waals surface area contributed by atoms with E-state index in [0.717, 1.165) is 18.4 Å². The van der Waals surface area contributed by atoms with Crippen LogP contribution in [0.5, 0.6) is 0 Å². The second kappa shape index (κ2) is 7.23. The van der Waals surface area contributed by atoms with Crippen LogP contribution in [-0.2, 0) is 6.42 Å². The number of amides is 1. The summed E-state index contributed by atoms with van der Waals surface area (Å²) in [6, 6.07) is 13.2. The monoisotopic (exact) mass is 308 g/mol. The number of hydrogen-bond acceptors (Lipinski definition) is 3. The molecule has 0 heterocycles. The molecule has 0 aliphatic rings. The van der Waals surface area contributed by atoms with E-state index in [1.54, 1.807) is 30.3 Å². The van der Waals surface area contributed by atoms with Gasteiger partial charge in [0.05, 0.1) is 22.8 Å². The van der Waals surface area contributed by atoms with Gasteiger partial charge in [0.1, 0.15) is 0 Å². The van der Waals surface area contributed by atoms with Crippen LogP contribution in [-0.4, -0.2) is 17.0 Å². The highest BCUT2D eigenvalue weighted by atomic mass is 16.4. The molecule has 0 saturated carbocycles. The van der Waals surface area contributed by atoms with Crippen molar-refractivity contribution in [3.63, 3.8) is 0 Å². The van der Waals surface area contributed by atoms with E-state index in [0.29, 0.717) is 11.3 Å². The number of nitriles is 1. The van der Waals surface area contributed by atoms with Crippen molar-refractivity contribution in [1.82, 2.24) is 0 Å². The van der Waals surface area contributed by atoms with Gasteiger partial charge in [-0.25, -0.2) is 4.79 Å². The van der Waals surface area contributed by atoms with E-state index in [4.69, 9.17) is 5.11 Å². The maximum atomic E-state index is 12.3. The zero-order valence-corrected chi connectivity index (χ0v) is 12.7. The van der Waals surface area contributed by atoms with Crippen molar-refractivity contribution >= 4 is 17.6 Å². The summed E-state index contributed by atoms with van der Waals surface area (Å²) < 4.78 is 0. The summed E-state index contributed by atoms with van der Waals surface area (Å²) in [5, 5.41) is 21.0. The molecule has 0 spiro atoms. The lowest BCUT2D eigenvalue weighted by molar-refractivity contribution is 0.0692. The second-order valence-electron chi connectivity index (χ2n) is 5.04. The third-order valence-electron chi connectivity index (χ3n) is 3.41. The summed E-state index contributed by atoms with van der Waals surface area (Å²) >= 11 is 0. The average Bonchev–Trinajstić information content (AvgIpc) is 2.56. The predicted octanol–water partition coefficient (Wildman–Crippen LogP) is 3.46. The van der Waals surface area contributed by atoms with Crippen LogP contribution in [0.2, 0.25) is 0 Å². The van der Waals surface area contributed by atoms with Crippen LogP contribution in [0.3, 0.4) is 0 Å². The van der Waals surface area contributed by atoms with Crippen molar-refractivity contribution in [2.24, 2.45) is 0 Å². The van der Waals surface area contributed by atoms with E-state index < -0.39 is 11.9 Å². The molecule has 0 atom stereocenters. The summed E-state index contributed by atoms with van der Waals surface area (Å²) in [5.41, 5.74) is 1.92. The predicted molar refractivity (Wildman–Crippen MR) is 86.5 cm³/mol. The van der Waals surface area contributed by atoms with E-state index in [9.17, 15) is 14.9 Å². The number of hydrogen-bond donors (Lipinski definition) is 2. The quantitative estimate of drug-likeness (QED) is 0.885. The molecular formula is C18H16N2O3. The Morgan fingerprint density at radius 1 is 1.17 bits per heavy atom. The Hall–Kier alpha value is -3.13. The molecule has 23 heavy (non-hydrogen) atoms. The van der Waals surface area contributed by atoms with Gasteiger partial charge >= 0.3 is 5.97 Å². The Morgan fingerprint density at radius 2 is 1.87 bits per heavy atom. The zero-order valence-electron chi connectivity index (χ0n) is 12.7. The number of nitrogens with zero attached hydrogens (tertiary/aromatic N) is 1. The van der Waals surface area contributed by atoms with Crippen molar-refractivity contribution in [2.75, 3.05) is 5.32 Å². The number of aromatic carboxylic acids is 1. The number of anilines is 1. The molecule has 2 rings (SSSR count). The molecule has 1 amide bonds. The second-order valence-corrected chi connectivity index (χ2v) is 5.04. The fourth-order valence-electron chi connectivity index (χ4n) is 2.31. The largest absolute Gasteiger partial charge is 0.478 e. The smallest absolute Gasteiger partial charge is 0.336 e. The summed E-state index contributed by atoms with van der Waals surface area (Å²) in [6.45, 7) is 2.03. The van der Waals surface area contributed by atoms with Gasteiger partial charge in [0, 0.05) is 5.69 Å². The highest BCUT2D eigenvalue weighted by molar-refractivity contribution is 6.10. The molecule has 0 aliphatic heterocycles. The molecule has 0 saturated heterocycles. The SMILES string of the molecule is CCCc1ccc(NC(=O)c2ccccc2C(=O)O)cc1C#N. The standard InChI is InChI=1S/C18H16N2O3/c1-2-5-12-8-9-14(10-13(12)11-19)20-17(21)15-6-3-4-7-16(15)18(22)23/h3-4,6-10H,2,5H2,1H3,(H,20,21)(H,22,23). The molecule has 5 heteroatoms. The van der Waals surface area contributed by atoms with Crippen LogP contribution in [0.15, 0.2) is 42.5 Å². The lowest BCUT2D eigenvalue weighted by Gasteiger charge is -2.09. The third kappa shape index (κ3) is 3.74. The molecule has 0 aromatic heterocycles. The number of carboxylic acid groups (broad SMARTS) is 1. The van der Waals surface area contributed by atoms with E-state index >= 15 is 0 Å². The molecule has 0 bridgehead atoms. The summed E-state index contributed by atoms with van der Waals surface area (Å²) in [7, 11) is 0. The number of carboxylic acids is 1. The van der Waals surface area contributed by atoms with E-state index in [-0.39, 0.29) is 11.1 Å². The Morgan fingerprint density at radius 3 is 2.48 bits per heavy atom. The first-order valence-electron chi connectivity index (χ1n) is 7.23. The van der Waals surface area contributed by atoms with Crippen molar-refractivity contribution in [1.29, 1.82) is 5.26 Å². The van der Waals surface area contributed by atoms with Crippen LogP contribution in [0.25, 0.3) is 0 Å². The average molecular weight is 308 g/mol. The molecule has 0 fully saturated rings. The van der Waals surface area contributed by atoms with Gasteiger partial charge in [-0.2, -0.15) is 5.26 Å². The maximum absolute atomic E-state index is 12.3. The number of nitrogens with one attached hydrogen (secondary N) is 1.